The Kier molecular flexibility index (Phi) is 13.6. The summed E-state index contributed by atoms with van der Waals surface area (Å²) in [6, 6.07) is 19.0. The van der Waals surface area contributed by atoms with Gasteiger partial charge in [0.1, 0.15) is 11.9 Å². The van der Waals surface area contributed by atoms with Crippen LogP contribution in [-0.2, 0) is 18.9 Å². The number of benzene rings is 2. The van der Waals surface area contributed by atoms with Gasteiger partial charge in [-0.15, -0.1) is 0 Å². The number of ether oxygens (including phenoxy) is 4. The van der Waals surface area contributed by atoms with Crippen molar-refractivity contribution >= 4 is 47.8 Å². The van der Waals surface area contributed by atoms with Crippen LogP contribution in [0.4, 0.5) is 34.0 Å². The molecule has 0 bridgehead atoms. The standard InChI is InChI=1S/C17H14F2N3O6.C9H11F2N3O4.C6H5.Bi.H3N.H/c18-17(19)13(27-9-23)11(8-26-14(24)10-4-2-1-3-5-10)28-15(17)22-7-6-12(20)21-16(22)25;10-9(11)6(16)4(3-15)18-7(9)14-2-1-5(12)13-8(14)17;1-2-4-6-5-3-1;;;/h1-7,11,13,15H,8H2,(H2,20,21,25);1-2,4,6-7,15-16H,3H2,(H2,12,13,17);1-5H;;1H3;/t11-,13+,15-;4-,6+,7-;;;;/m11..../s1. The fourth-order valence-corrected chi connectivity index (χ4v) is 8.21. The van der Waals surface area contributed by atoms with Crippen molar-refractivity contribution in [1.29, 1.82) is 0 Å². The van der Waals surface area contributed by atoms with Crippen molar-refractivity contribution in [1.82, 2.24) is 25.3 Å². The summed E-state index contributed by atoms with van der Waals surface area (Å²) in [4.78, 5) is 55.3. The van der Waals surface area contributed by atoms with Gasteiger partial charge < -0.3 is 26.8 Å². The Balaban J connectivity index is 0.000000288. The van der Waals surface area contributed by atoms with Gasteiger partial charge in [-0.3, -0.25) is 4.57 Å². The number of anilines is 2. The van der Waals surface area contributed by atoms with Gasteiger partial charge in [0.15, 0.2) is 6.10 Å². The number of hydrogen-bond acceptors (Lipinski definition) is 15. The number of nitrogen functional groups attached to an aromatic ring is 2. The van der Waals surface area contributed by atoms with E-state index in [-0.39, 0.29) is 23.3 Å². The number of nitrogens with two attached hydrogens (primary N) is 2. The number of aromatic nitrogens is 4. The van der Waals surface area contributed by atoms with E-state index >= 15 is 8.78 Å². The summed E-state index contributed by atoms with van der Waals surface area (Å²) in [7, 11) is 0. The molecule has 2 saturated heterocycles. The van der Waals surface area contributed by atoms with Gasteiger partial charge in [-0.05, 0) is 6.07 Å². The molecule has 0 aliphatic carbocycles. The Morgan fingerprint density at radius 1 is 0.815 bits per heavy atom. The summed E-state index contributed by atoms with van der Waals surface area (Å²) in [5.41, 5.74) is 8.80. The Morgan fingerprint density at radius 2 is 1.31 bits per heavy atom. The van der Waals surface area contributed by atoms with E-state index in [0.717, 1.165) is 27.8 Å². The molecule has 2 fully saturated rings. The SMILES string of the molecule is N.Nc1ccn([C@@H]2O[C@H](CO)[C@H](O)C2(F)F)c(=O)n1.Nc1ccn([C@@H]2O[C@H](COC(=O)c3ccccc3)[C@H](O[C](=O)[BiH][c]3ccccc3)C2(F)F)c(=O)n1. The predicted molar refractivity (Wildman–Crippen MR) is 182 cm³/mol. The van der Waals surface area contributed by atoms with Crippen molar-refractivity contribution in [3.05, 3.63) is 112 Å². The number of carbonyl (C=O) groups excluding carboxylic acids is 2. The maximum absolute atomic E-state index is 15.5. The van der Waals surface area contributed by atoms with Crippen molar-refractivity contribution in [3.8, 4) is 0 Å². The first-order valence-corrected chi connectivity index (χ1v) is 19.3. The minimum absolute atomic E-state index is 0. The van der Waals surface area contributed by atoms with Crippen molar-refractivity contribution < 1.29 is 56.3 Å². The van der Waals surface area contributed by atoms with Gasteiger partial charge in [0.25, 0.3) is 0 Å². The topological polar surface area (TPSA) is 268 Å². The number of rotatable bonds is 9. The van der Waals surface area contributed by atoms with E-state index in [1.165, 1.54) is 12.1 Å². The molecule has 0 unspecified atom stereocenters. The van der Waals surface area contributed by atoms with E-state index in [4.69, 9.17) is 35.5 Å². The molecule has 4 heterocycles. The van der Waals surface area contributed by atoms with Crippen LogP contribution in [0.15, 0.2) is 94.8 Å². The number of aliphatic hydroxyl groups is 2. The van der Waals surface area contributed by atoms with E-state index in [0.29, 0.717) is 9.13 Å². The molecule has 2 aliphatic heterocycles. The van der Waals surface area contributed by atoms with Gasteiger partial charge in [0.05, 0.1) is 6.61 Å². The molecule has 0 spiro atoms. The Labute approximate surface area is 313 Å². The minimum atomic E-state index is -3.83. The molecule has 290 valence electrons. The van der Waals surface area contributed by atoms with E-state index < -0.39 is 106 Å². The number of alkyl halides is 4. The molecule has 4 aromatic rings. The molecule has 6 atom stereocenters. The van der Waals surface area contributed by atoms with Crippen LogP contribution in [0.1, 0.15) is 22.8 Å². The first kappa shape index (κ1) is 41.9. The van der Waals surface area contributed by atoms with Crippen molar-refractivity contribution in [3.63, 3.8) is 0 Å². The molecule has 6 rings (SSSR count). The maximum atomic E-state index is 15.5. The average Bonchev–Trinajstić information content (AvgIpc) is 3.50. The van der Waals surface area contributed by atoms with Gasteiger partial charge in [-0.2, -0.15) is 13.8 Å². The van der Waals surface area contributed by atoms with E-state index in [1.807, 2.05) is 0 Å². The van der Waals surface area contributed by atoms with Crippen LogP contribution in [0, 0.1) is 0 Å². The Hall–Kier alpha value is -4.86. The third-order valence-electron chi connectivity index (χ3n) is 7.76. The number of nitrogens with zero attached hydrogens (tertiary/aromatic N) is 4. The van der Waals surface area contributed by atoms with Crippen LogP contribution in [0.25, 0.3) is 0 Å². The second-order valence-corrected chi connectivity index (χ2v) is 16.2. The van der Waals surface area contributed by atoms with Crippen molar-refractivity contribution in [2.75, 3.05) is 24.7 Å². The van der Waals surface area contributed by atoms with E-state index in [9.17, 15) is 33.1 Å². The number of aliphatic hydroxyl groups excluding tert-OH is 2. The molecule has 54 heavy (non-hydrogen) atoms. The fraction of sp³-hybridized carbons (Fsp3) is 0.312. The molecule has 0 amide bonds. The second-order valence-electron chi connectivity index (χ2n) is 11.4. The summed E-state index contributed by atoms with van der Waals surface area (Å²) in [5.74, 6) is -8.58. The van der Waals surface area contributed by atoms with Gasteiger partial charge >= 0.3 is 221 Å². The molecule has 2 aromatic heterocycles. The monoisotopic (exact) mass is 961 g/mol. The summed E-state index contributed by atoms with van der Waals surface area (Å²) >= 11 is -2.29. The van der Waals surface area contributed by atoms with Crippen LogP contribution >= 0.6 is 0 Å². The molecule has 0 saturated carbocycles. The second kappa shape index (κ2) is 17.5. The Morgan fingerprint density at radius 3 is 1.81 bits per heavy atom. The third kappa shape index (κ3) is 9.25. The number of hydrogen-bond donors (Lipinski definition) is 5. The van der Waals surface area contributed by atoms with Crippen LogP contribution < -0.4 is 32.3 Å². The molecule has 17 nitrogen and oxygen atoms in total. The van der Waals surface area contributed by atoms with Crippen LogP contribution in [0.2, 0.25) is 0 Å². The number of carbonyl (C=O) groups is 2. The van der Waals surface area contributed by atoms with Gasteiger partial charge in [-0.25, -0.2) is 4.79 Å². The molecule has 2 aromatic carbocycles. The Bertz CT molecular complexity index is 2030. The molecule has 9 N–H and O–H groups in total. The summed E-state index contributed by atoms with van der Waals surface area (Å²) in [6.45, 7) is -1.42. The number of esters is 1. The first-order valence-electron chi connectivity index (χ1n) is 15.4. The number of halogens is 4. The van der Waals surface area contributed by atoms with Crippen LogP contribution in [0.5, 0.6) is 0 Å². The summed E-state index contributed by atoms with van der Waals surface area (Å²) in [6.07, 6.45) is -9.44. The normalized spacial score (nSPS) is 23.7. The average molecular weight is 962 g/mol. The van der Waals surface area contributed by atoms with Gasteiger partial charge in [-0.1, -0.05) is 0 Å². The molecular weight excluding hydrogens is 927 g/mol. The molecular formula is C32H34BiF4N7O10. The third-order valence-corrected chi connectivity index (χ3v) is 11.4. The molecule has 22 heteroatoms. The van der Waals surface area contributed by atoms with E-state index in [1.54, 1.807) is 48.5 Å². The van der Waals surface area contributed by atoms with Crippen molar-refractivity contribution in [2.45, 2.75) is 48.7 Å². The van der Waals surface area contributed by atoms with Crippen LogP contribution in [-0.4, -0.2) is 112 Å². The summed E-state index contributed by atoms with van der Waals surface area (Å²) in [5, 5.41) is 18.1. The predicted octanol–water partition coefficient (Wildman–Crippen LogP) is 0.356. The van der Waals surface area contributed by atoms with Gasteiger partial charge in [0, 0.05) is 6.20 Å². The zero-order valence-corrected chi connectivity index (χ0v) is 31.7. The zero-order chi connectivity index (χ0) is 38.5. The van der Waals surface area contributed by atoms with Crippen LogP contribution in [0.3, 0.4) is 0 Å². The van der Waals surface area contributed by atoms with Crippen molar-refractivity contribution in [2.24, 2.45) is 0 Å². The summed E-state index contributed by atoms with van der Waals surface area (Å²) < 4.78 is 80.1. The fourth-order valence-electron chi connectivity index (χ4n) is 5.17. The first-order chi connectivity index (χ1) is 25.1. The quantitative estimate of drug-likeness (QED) is 0.0861. The van der Waals surface area contributed by atoms with E-state index in [2.05, 4.69) is 9.97 Å². The molecule has 2 aliphatic rings. The zero-order valence-electron chi connectivity index (χ0n) is 27.8. The molecule has 0 radical (unpaired) electrons. The van der Waals surface area contributed by atoms with Gasteiger partial charge in [0.2, 0.25) is 6.23 Å².